The molecule has 1 N–H and O–H groups in total. The maximum Gasteiger partial charge on any atom is 0.527 e. The van der Waals surface area contributed by atoms with Gasteiger partial charge in [0.1, 0.15) is 5.71 Å². The number of benzene rings is 1. The SMILES string of the molecule is Cc1ccc(S(=O)(=O)N2N=C(C(F)(F)OC(F)(F)F)CC2(C)O)cc1. The van der Waals surface area contributed by atoms with Crippen LogP contribution >= 0.6 is 0 Å². The number of rotatable bonds is 4. The van der Waals surface area contributed by atoms with Crippen molar-refractivity contribution in [1.29, 1.82) is 0 Å². The highest BCUT2D eigenvalue weighted by atomic mass is 32.2. The van der Waals surface area contributed by atoms with E-state index < -0.39 is 40.4 Å². The molecular formula is C13H13F5N2O4S. The summed E-state index contributed by atoms with van der Waals surface area (Å²) in [7, 11) is -4.57. The second-order valence-corrected chi connectivity index (χ2v) is 7.33. The Morgan fingerprint density at radius 1 is 1.20 bits per heavy atom. The van der Waals surface area contributed by atoms with Crippen molar-refractivity contribution in [3.63, 3.8) is 0 Å². The fourth-order valence-electron chi connectivity index (χ4n) is 2.13. The third-order valence-electron chi connectivity index (χ3n) is 3.25. The van der Waals surface area contributed by atoms with Crippen molar-refractivity contribution in [2.75, 3.05) is 0 Å². The highest BCUT2D eigenvalue weighted by Crippen LogP contribution is 2.38. The third-order valence-corrected chi connectivity index (χ3v) is 5.05. The van der Waals surface area contributed by atoms with Crippen LogP contribution in [0.3, 0.4) is 0 Å². The van der Waals surface area contributed by atoms with Crippen molar-refractivity contribution in [3.8, 4) is 0 Å². The predicted molar refractivity (Wildman–Crippen MR) is 75.0 cm³/mol. The van der Waals surface area contributed by atoms with Gasteiger partial charge in [0, 0.05) is 6.42 Å². The number of hydrogen-bond donors (Lipinski definition) is 1. The molecule has 0 radical (unpaired) electrons. The number of ether oxygens (including phenoxy) is 1. The van der Waals surface area contributed by atoms with E-state index in [1.165, 1.54) is 12.1 Å². The standard InChI is InChI=1S/C13H13F5N2O4S/c1-8-3-5-9(6-4-8)25(22,23)20-11(2,21)7-10(19-20)12(14,15)24-13(16,17)18/h3-6,21H,7H2,1-2H3. The lowest BCUT2D eigenvalue weighted by atomic mass is 10.1. The maximum absolute atomic E-state index is 13.6. The molecule has 140 valence electrons. The first-order chi connectivity index (χ1) is 11.2. The quantitative estimate of drug-likeness (QED) is 0.805. The molecule has 25 heavy (non-hydrogen) atoms. The number of nitrogens with zero attached hydrogens (tertiary/aromatic N) is 2. The highest BCUT2D eigenvalue weighted by molar-refractivity contribution is 7.89. The van der Waals surface area contributed by atoms with E-state index >= 15 is 0 Å². The summed E-state index contributed by atoms with van der Waals surface area (Å²) in [6.45, 7) is 2.51. The molecular weight excluding hydrogens is 375 g/mol. The normalized spacial score (nSPS) is 22.2. The van der Waals surface area contributed by atoms with Crippen molar-refractivity contribution < 1.29 is 40.2 Å². The number of hydrogen-bond acceptors (Lipinski definition) is 5. The van der Waals surface area contributed by atoms with Gasteiger partial charge in [-0.05, 0) is 26.0 Å². The van der Waals surface area contributed by atoms with Crippen LogP contribution in [0.1, 0.15) is 18.9 Å². The molecule has 0 amide bonds. The highest BCUT2D eigenvalue weighted by Gasteiger charge is 2.56. The average Bonchev–Trinajstić information content (AvgIpc) is 2.74. The largest absolute Gasteiger partial charge is 0.527 e. The van der Waals surface area contributed by atoms with Crippen LogP contribution in [0.5, 0.6) is 0 Å². The summed E-state index contributed by atoms with van der Waals surface area (Å²) in [6.07, 6.45) is -11.8. The number of sulfonamides is 1. The molecule has 2 rings (SSSR count). The smallest absolute Gasteiger partial charge is 0.368 e. The number of hydrazone groups is 1. The van der Waals surface area contributed by atoms with Crippen LogP contribution in [-0.4, -0.2) is 41.8 Å². The molecule has 1 aliphatic heterocycles. The molecule has 1 aliphatic rings. The molecule has 1 unspecified atom stereocenters. The van der Waals surface area contributed by atoms with Gasteiger partial charge in [0.25, 0.3) is 10.0 Å². The Hall–Kier alpha value is -1.79. The minimum absolute atomic E-state index is 0.0480. The summed E-state index contributed by atoms with van der Waals surface area (Å²) in [5.41, 5.74) is -3.34. The molecule has 0 saturated heterocycles. The summed E-state index contributed by atoms with van der Waals surface area (Å²) in [6, 6.07) is 5.14. The molecule has 0 saturated carbocycles. The van der Waals surface area contributed by atoms with Gasteiger partial charge in [0.15, 0.2) is 5.72 Å². The van der Waals surface area contributed by atoms with Gasteiger partial charge in [-0.1, -0.05) is 17.7 Å². The van der Waals surface area contributed by atoms with E-state index in [0.717, 1.165) is 19.1 Å². The van der Waals surface area contributed by atoms with Crippen LogP contribution in [0.2, 0.25) is 0 Å². The van der Waals surface area contributed by atoms with Gasteiger partial charge in [0.05, 0.1) is 4.90 Å². The Morgan fingerprint density at radius 2 is 1.72 bits per heavy atom. The van der Waals surface area contributed by atoms with E-state index in [1.54, 1.807) is 6.92 Å². The minimum atomic E-state index is -5.68. The van der Waals surface area contributed by atoms with Gasteiger partial charge in [-0.3, -0.25) is 0 Å². The topological polar surface area (TPSA) is 79.2 Å². The van der Waals surface area contributed by atoms with Gasteiger partial charge in [0.2, 0.25) is 0 Å². The Morgan fingerprint density at radius 3 is 2.20 bits per heavy atom. The van der Waals surface area contributed by atoms with Crippen molar-refractivity contribution in [1.82, 2.24) is 4.41 Å². The van der Waals surface area contributed by atoms with Crippen molar-refractivity contribution in [2.24, 2.45) is 5.10 Å². The summed E-state index contributed by atoms with van der Waals surface area (Å²) in [4.78, 5) is -0.372. The van der Waals surface area contributed by atoms with Gasteiger partial charge >= 0.3 is 12.5 Å². The molecule has 0 fully saturated rings. The number of aliphatic hydroxyl groups is 1. The van der Waals surface area contributed by atoms with Crippen LogP contribution in [-0.2, 0) is 14.8 Å². The van der Waals surface area contributed by atoms with Crippen molar-refractivity contribution in [2.45, 2.75) is 43.4 Å². The van der Waals surface area contributed by atoms with E-state index in [0.29, 0.717) is 5.56 Å². The molecule has 1 aromatic carbocycles. The first kappa shape index (κ1) is 19.5. The number of aryl methyl sites for hydroxylation is 1. The summed E-state index contributed by atoms with van der Waals surface area (Å²) < 4.78 is 91.0. The van der Waals surface area contributed by atoms with Crippen LogP contribution in [0.15, 0.2) is 34.3 Å². The van der Waals surface area contributed by atoms with E-state index in [4.69, 9.17) is 0 Å². The summed E-state index contributed by atoms with van der Waals surface area (Å²) in [5.74, 6) is 0. The molecule has 0 bridgehead atoms. The van der Waals surface area contributed by atoms with Gasteiger partial charge in [-0.2, -0.15) is 26.7 Å². The molecule has 1 heterocycles. The van der Waals surface area contributed by atoms with Crippen LogP contribution < -0.4 is 0 Å². The monoisotopic (exact) mass is 388 g/mol. The van der Waals surface area contributed by atoms with Crippen LogP contribution in [0.4, 0.5) is 22.0 Å². The molecule has 0 spiro atoms. The zero-order valence-corrected chi connectivity index (χ0v) is 13.7. The lowest BCUT2D eigenvalue weighted by Gasteiger charge is -2.27. The second kappa shape index (κ2) is 5.88. The van der Waals surface area contributed by atoms with Crippen LogP contribution in [0.25, 0.3) is 0 Å². The van der Waals surface area contributed by atoms with E-state index in [1.807, 2.05) is 0 Å². The second-order valence-electron chi connectivity index (χ2n) is 5.57. The van der Waals surface area contributed by atoms with Crippen molar-refractivity contribution in [3.05, 3.63) is 29.8 Å². The molecule has 1 aromatic rings. The molecule has 0 aliphatic carbocycles. The summed E-state index contributed by atoms with van der Waals surface area (Å²) >= 11 is 0. The first-order valence-corrected chi connectivity index (χ1v) is 8.16. The Kier molecular flexibility index (Phi) is 4.60. The zero-order chi connectivity index (χ0) is 19.3. The molecule has 6 nitrogen and oxygen atoms in total. The fourth-order valence-corrected chi connectivity index (χ4v) is 3.59. The summed E-state index contributed by atoms with van der Waals surface area (Å²) in [5, 5.41) is 13.1. The lowest BCUT2D eigenvalue weighted by molar-refractivity contribution is -0.403. The van der Waals surface area contributed by atoms with Gasteiger partial charge in [-0.15, -0.1) is 13.2 Å². The third kappa shape index (κ3) is 4.07. The fraction of sp³-hybridized carbons (Fsp3) is 0.462. The Bertz CT molecular complexity index is 788. The lowest BCUT2D eigenvalue weighted by Crippen LogP contribution is -2.44. The first-order valence-electron chi connectivity index (χ1n) is 6.72. The number of halogens is 5. The molecule has 0 aromatic heterocycles. The predicted octanol–water partition coefficient (Wildman–Crippen LogP) is 2.58. The molecule has 1 atom stereocenters. The van der Waals surface area contributed by atoms with Crippen molar-refractivity contribution >= 4 is 15.7 Å². The zero-order valence-electron chi connectivity index (χ0n) is 12.9. The average molecular weight is 388 g/mol. The van der Waals surface area contributed by atoms with Gasteiger partial charge in [-0.25, -0.2) is 4.74 Å². The minimum Gasteiger partial charge on any atom is -0.368 e. The molecule has 12 heteroatoms. The van der Waals surface area contributed by atoms with Gasteiger partial charge < -0.3 is 5.11 Å². The van der Waals surface area contributed by atoms with Crippen LogP contribution in [0, 0.1) is 6.92 Å². The van der Waals surface area contributed by atoms with E-state index in [-0.39, 0.29) is 9.31 Å². The van der Waals surface area contributed by atoms with E-state index in [9.17, 15) is 35.5 Å². The Labute approximate surface area is 139 Å². The maximum atomic E-state index is 13.6. The number of alkyl halides is 5. The Balaban J connectivity index is 2.43. The van der Waals surface area contributed by atoms with E-state index in [2.05, 4.69) is 9.84 Å².